The molecule has 0 aliphatic rings. The molecule has 0 aliphatic heterocycles. The number of amides is 1. The Morgan fingerprint density at radius 3 is 2.42 bits per heavy atom. The Kier molecular flexibility index (Phi) is 4.80. The summed E-state index contributed by atoms with van der Waals surface area (Å²) in [7, 11) is -0.260. The predicted octanol–water partition coefficient (Wildman–Crippen LogP) is 0.722. The highest BCUT2D eigenvalue weighted by Gasteiger charge is 2.21. The number of hydrogen-bond acceptors (Lipinski definition) is 5. The fraction of sp³-hybridized carbons (Fsp3) is 0.417. The molecule has 6 nitrogen and oxygen atoms in total. The average molecular weight is 267 g/mol. The lowest BCUT2D eigenvalue weighted by Gasteiger charge is -2.20. The van der Waals surface area contributed by atoms with Crippen molar-refractivity contribution < 1.29 is 24.3 Å². The molecule has 1 rings (SSSR count). The van der Waals surface area contributed by atoms with E-state index in [2.05, 4.69) is 5.32 Å². The summed E-state index contributed by atoms with van der Waals surface area (Å²) < 4.78 is 10.1. The van der Waals surface area contributed by atoms with Gasteiger partial charge in [-0.15, -0.1) is 0 Å². The fourth-order valence-electron chi connectivity index (χ4n) is 1.41. The minimum Gasteiger partial charge on any atom is -0.497 e. The minimum absolute atomic E-state index is 0.130. The number of anilines is 1. The largest absolute Gasteiger partial charge is 0.497 e. The van der Waals surface area contributed by atoms with Crippen molar-refractivity contribution in [2.75, 3.05) is 12.4 Å². The van der Waals surface area contributed by atoms with Crippen molar-refractivity contribution in [3.8, 4) is 5.75 Å². The van der Waals surface area contributed by atoms with E-state index in [1.165, 1.54) is 19.2 Å². The molecule has 0 saturated carbocycles. The minimum atomic E-state index is -1.72. The Balaban J connectivity index is 2.91. The van der Waals surface area contributed by atoms with E-state index < -0.39 is 18.8 Å². The molecule has 0 spiro atoms. The standard InChI is InChI=1S/C12H18BNO5/c1-12(2,3)19-11(15)14-10-6-5-8(18-4)7-9(10)13(16)17/h5-7,16-17H,1-4H3,(H,14,15). The van der Waals surface area contributed by atoms with Crippen molar-refractivity contribution >= 4 is 24.4 Å². The summed E-state index contributed by atoms with van der Waals surface area (Å²) >= 11 is 0. The summed E-state index contributed by atoms with van der Waals surface area (Å²) in [5.74, 6) is 0.456. The highest BCUT2D eigenvalue weighted by atomic mass is 16.6. The maximum Gasteiger partial charge on any atom is 0.490 e. The van der Waals surface area contributed by atoms with Gasteiger partial charge in [0.1, 0.15) is 11.4 Å². The summed E-state index contributed by atoms with van der Waals surface area (Å²) in [4.78, 5) is 11.6. The Hall–Kier alpha value is -1.73. The maximum absolute atomic E-state index is 11.6. The summed E-state index contributed by atoms with van der Waals surface area (Å²) in [6, 6.07) is 4.54. The van der Waals surface area contributed by atoms with Crippen molar-refractivity contribution in [3.05, 3.63) is 18.2 Å². The van der Waals surface area contributed by atoms with Crippen LogP contribution in [-0.4, -0.2) is 36.0 Å². The number of benzene rings is 1. The molecule has 0 aromatic heterocycles. The summed E-state index contributed by atoms with van der Waals surface area (Å²) in [6.07, 6.45) is -0.667. The number of carbonyl (C=O) groups is 1. The van der Waals surface area contributed by atoms with Crippen LogP contribution < -0.4 is 15.5 Å². The second-order valence-corrected chi connectivity index (χ2v) is 4.95. The summed E-state index contributed by atoms with van der Waals surface area (Å²) in [5, 5.41) is 21.0. The van der Waals surface area contributed by atoms with Gasteiger partial charge in [0.2, 0.25) is 0 Å². The normalized spacial score (nSPS) is 10.8. The number of carbonyl (C=O) groups excluding carboxylic acids is 1. The molecule has 0 fully saturated rings. The molecule has 104 valence electrons. The molecule has 0 radical (unpaired) electrons. The van der Waals surface area contributed by atoms with Gasteiger partial charge < -0.3 is 19.5 Å². The van der Waals surface area contributed by atoms with Gasteiger partial charge in [-0.1, -0.05) is 0 Å². The zero-order chi connectivity index (χ0) is 14.6. The third-order valence-electron chi connectivity index (χ3n) is 2.17. The molecule has 0 saturated heterocycles. The second-order valence-electron chi connectivity index (χ2n) is 4.95. The smallest absolute Gasteiger partial charge is 0.490 e. The number of nitrogens with one attached hydrogen (secondary N) is 1. The molecule has 0 unspecified atom stereocenters. The monoisotopic (exact) mass is 267 g/mol. The highest BCUT2D eigenvalue weighted by Crippen LogP contribution is 2.15. The molecular formula is C12H18BNO5. The third kappa shape index (κ3) is 4.80. The molecule has 3 N–H and O–H groups in total. The van der Waals surface area contributed by atoms with E-state index in [1.807, 2.05) is 0 Å². The van der Waals surface area contributed by atoms with Crippen molar-refractivity contribution in [2.24, 2.45) is 0 Å². The van der Waals surface area contributed by atoms with E-state index in [0.29, 0.717) is 5.75 Å². The van der Waals surface area contributed by atoms with E-state index in [4.69, 9.17) is 9.47 Å². The van der Waals surface area contributed by atoms with Gasteiger partial charge in [-0.25, -0.2) is 4.79 Å². The van der Waals surface area contributed by atoms with Crippen LogP contribution in [0.15, 0.2) is 18.2 Å². The lowest BCUT2D eigenvalue weighted by atomic mass is 9.79. The molecule has 7 heteroatoms. The van der Waals surface area contributed by atoms with Crippen LogP contribution in [0.5, 0.6) is 5.75 Å². The molecule has 1 amide bonds. The van der Waals surface area contributed by atoms with Crippen molar-refractivity contribution in [3.63, 3.8) is 0 Å². The Bertz CT molecular complexity index is 456. The Morgan fingerprint density at radius 2 is 1.95 bits per heavy atom. The zero-order valence-electron chi connectivity index (χ0n) is 11.4. The van der Waals surface area contributed by atoms with Crippen LogP contribution in [0.25, 0.3) is 0 Å². The van der Waals surface area contributed by atoms with E-state index in [9.17, 15) is 14.8 Å². The van der Waals surface area contributed by atoms with Gasteiger partial charge in [0, 0.05) is 11.2 Å². The molecule has 0 aliphatic carbocycles. The molecule has 0 bridgehead atoms. The van der Waals surface area contributed by atoms with Crippen LogP contribution in [-0.2, 0) is 4.74 Å². The van der Waals surface area contributed by atoms with Crippen LogP contribution in [0, 0.1) is 0 Å². The first-order valence-electron chi connectivity index (χ1n) is 5.77. The van der Waals surface area contributed by atoms with E-state index in [-0.39, 0.29) is 11.2 Å². The van der Waals surface area contributed by atoms with Crippen molar-refractivity contribution in [2.45, 2.75) is 26.4 Å². The average Bonchev–Trinajstić information content (AvgIpc) is 2.26. The molecule has 19 heavy (non-hydrogen) atoms. The number of methoxy groups -OCH3 is 1. The second kappa shape index (κ2) is 5.94. The van der Waals surface area contributed by atoms with Crippen LogP contribution in [0.2, 0.25) is 0 Å². The number of hydrogen-bond donors (Lipinski definition) is 3. The summed E-state index contributed by atoms with van der Waals surface area (Å²) in [5.41, 5.74) is -0.246. The maximum atomic E-state index is 11.6. The van der Waals surface area contributed by atoms with Gasteiger partial charge in [-0.2, -0.15) is 0 Å². The fourth-order valence-corrected chi connectivity index (χ4v) is 1.41. The number of rotatable bonds is 3. The van der Waals surface area contributed by atoms with E-state index in [0.717, 1.165) is 0 Å². The first kappa shape index (κ1) is 15.3. The predicted molar refractivity (Wildman–Crippen MR) is 72.7 cm³/mol. The SMILES string of the molecule is COc1ccc(NC(=O)OC(C)(C)C)c(B(O)O)c1. The van der Waals surface area contributed by atoms with Gasteiger partial charge >= 0.3 is 13.2 Å². The van der Waals surface area contributed by atoms with Gasteiger partial charge in [0.25, 0.3) is 0 Å². The van der Waals surface area contributed by atoms with Gasteiger partial charge in [0.15, 0.2) is 0 Å². The van der Waals surface area contributed by atoms with Crippen LogP contribution in [0.3, 0.4) is 0 Å². The van der Waals surface area contributed by atoms with Gasteiger partial charge in [-0.3, -0.25) is 5.32 Å². The molecule has 0 heterocycles. The summed E-state index contributed by atoms with van der Waals surface area (Å²) in [6.45, 7) is 5.22. The van der Waals surface area contributed by atoms with Crippen LogP contribution >= 0.6 is 0 Å². The third-order valence-corrected chi connectivity index (χ3v) is 2.17. The van der Waals surface area contributed by atoms with Crippen molar-refractivity contribution in [1.82, 2.24) is 0 Å². The zero-order valence-corrected chi connectivity index (χ0v) is 11.4. The number of ether oxygens (including phenoxy) is 2. The molecular weight excluding hydrogens is 249 g/mol. The lowest BCUT2D eigenvalue weighted by molar-refractivity contribution is 0.0636. The first-order valence-corrected chi connectivity index (χ1v) is 5.77. The first-order chi connectivity index (χ1) is 8.73. The highest BCUT2D eigenvalue weighted by molar-refractivity contribution is 6.60. The van der Waals surface area contributed by atoms with Gasteiger partial charge in [-0.05, 0) is 39.0 Å². The molecule has 1 aromatic rings. The lowest BCUT2D eigenvalue weighted by Crippen LogP contribution is -2.35. The molecule has 0 atom stereocenters. The van der Waals surface area contributed by atoms with E-state index >= 15 is 0 Å². The van der Waals surface area contributed by atoms with Crippen molar-refractivity contribution in [1.29, 1.82) is 0 Å². The van der Waals surface area contributed by atoms with Crippen LogP contribution in [0.1, 0.15) is 20.8 Å². The Labute approximate surface area is 112 Å². The van der Waals surface area contributed by atoms with Crippen LogP contribution in [0.4, 0.5) is 10.5 Å². The topological polar surface area (TPSA) is 88.0 Å². The molecule has 1 aromatic carbocycles. The Morgan fingerprint density at radius 1 is 1.32 bits per heavy atom. The van der Waals surface area contributed by atoms with E-state index in [1.54, 1.807) is 26.8 Å². The quantitative estimate of drug-likeness (QED) is 0.702. The van der Waals surface area contributed by atoms with Gasteiger partial charge in [0.05, 0.1) is 7.11 Å².